The van der Waals surface area contributed by atoms with Crippen molar-refractivity contribution in [1.82, 2.24) is 18.8 Å². The lowest BCUT2D eigenvalue weighted by Gasteiger charge is -2.55. The third-order valence-electron chi connectivity index (χ3n) is 10.8. The summed E-state index contributed by atoms with van der Waals surface area (Å²) in [6.45, 7) is 0.158. The van der Waals surface area contributed by atoms with Crippen molar-refractivity contribution in [1.29, 1.82) is 0 Å². The topological polar surface area (TPSA) is 179 Å². The van der Waals surface area contributed by atoms with Gasteiger partial charge in [0.25, 0.3) is 0 Å². The van der Waals surface area contributed by atoms with Gasteiger partial charge in [0.05, 0.1) is 71.9 Å². The van der Waals surface area contributed by atoms with Gasteiger partial charge in [-0.1, -0.05) is 0 Å². The maximum absolute atomic E-state index is 14.5. The minimum Gasteiger partial charge on any atom is -0.468 e. The average Bonchev–Trinajstić information content (AvgIpc) is 3.53. The van der Waals surface area contributed by atoms with Crippen LogP contribution in [0.1, 0.15) is 18.9 Å². The lowest BCUT2D eigenvalue weighted by atomic mass is 9.53. The van der Waals surface area contributed by atoms with E-state index >= 15 is 0 Å². The summed E-state index contributed by atoms with van der Waals surface area (Å²) in [5.41, 5.74) is -5.84. The smallest absolute Gasteiger partial charge is 0.354 e. The van der Waals surface area contributed by atoms with E-state index in [1.165, 1.54) is 16.4 Å². The van der Waals surface area contributed by atoms with E-state index in [0.29, 0.717) is 12.8 Å². The fourth-order valence-electron chi connectivity index (χ4n) is 9.36. The molecule has 6 aliphatic rings. The maximum atomic E-state index is 14.5. The molecule has 16 heteroatoms. The normalized spacial score (nSPS) is 36.2. The summed E-state index contributed by atoms with van der Waals surface area (Å²) in [6, 6.07) is -2.98. The molecule has 43 heavy (non-hydrogen) atoms. The van der Waals surface area contributed by atoms with Gasteiger partial charge in [-0.05, 0) is 12.8 Å². The van der Waals surface area contributed by atoms with Gasteiger partial charge in [0.2, 0.25) is 0 Å². The van der Waals surface area contributed by atoms with Crippen LogP contribution in [-0.2, 0) is 56.5 Å². The van der Waals surface area contributed by atoms with Crippen molar-refractivity contribution < 1.29 is 42.9 Å². The Balaban J connectivity index is 1.76. The van der Waals surface area contributed by atoms with Crippen LogP contribution in [0.25, 0.3) is 0 Å². The van der Waals surface area contributed by atoms with Gasteiger partial charge >= 0.3 is 35.3 Å². The Morgan fingerprint density at radius 2 is 1.60 bits per heavy atom. The highest BCUT2D eigenvalue weighted by atomic mass is 16.5. The van der Waals surface area contributed by atoms with E-state index < -0.39 is 87.5 Å². The van der Waals surface area contributed by atoms with Crippen molar-refractivity contribution in [3.8, 4) is 0 Å². The van der Waals surface area contributed by atoms with E-state index in [4.69, 9.17) is 28.7 Å². The summed E-state index contributed by atoms with van der Waals surface area (Å²) >= 11 is 0. The molecule has 5 aliphatic heterocycles. The Labute approximate surface area is 243 Å². The van der Waals surface area contributed by atoms with E-state index in [1.54, 1.807) is 4.90 Å². The number of methoxy groups -OCH3 is 4. The lowest BCUT2D eigenvalue weighted by molar-refractivity contribution is -0.162. The number of carbonyl (C=O) groups is 4. The molecule has 0 amide bonds. The highest BCUT2D eigenvalue weighted by molar-refractivity contribution is 6.45. The molecule has 6 heterocycles. The zero-order chi connectivity index (χ0) is 30.7. The molecule has 2 saturated heterocycles. The van der Waals surface area contributed by atoms with Crippen LogP contribution in [-0.4, -0.2) is 108 Å². The molecule has 6 bridgehead atoms. The summed E-state index contributed by atoms with van der Waals surface area (Å²) in [5.74, 6) is -5.63. The molecule has 8 unspecified atom stereocenters. The van der Waals surface area contributed by atoms with Crippen LogP contribution in [0.2, 0.25) is 0 Å². The van der Waals surface area contributed by atoms with Crippen LogP contribution in [0.5, 0.6) is 0 Å². The number of nitrogens with zero attached hydrogens (tertiary/aromatic N) is 5. The van der Waals surface area contributed by atoms with Crippen molar-refractivity contribution in [2.75, 3.05) is 41.7 Å². The highest BCUT2D eigenvalue weighted by Crippen LogP contribution is 2.69. The quantitative estimate of drug-likeness (QED) is 0.268. The first kappa shape index (κ1) is 27.6. The molecule has 1 spiro atoms. The monoisotopic (exact) mass is 601 g/mol. The van der Waals surface area contributed by atoms with Crippen LogP contribution in [0.4, 0.5) is 0 Å². The summed E-state index contributed by atoms with van der Waals surface area (Å²) in [5, 5.41) is 0. The molecular formula is C27H31N5O11. The van der Waals surface area contributed by atoms with E-state index in [-0.39, 0.29) is 31.4 Å². The Kier molecular flexibility index (Phi) is 5.72. The molecule has 16 nitrogen and oxygen atoms in total. The Morgan fingerprint density at radius 1 is 0.907 bits per heavy atom. The molecule has 1 saturated carbocycles. The number of ether oxygens (including phenoxy) is 5. The van der Waals surface area contributed by atoms with E-state index in [0.717, 1.165) is 33.0 Å². The van der Waals surface area contributed by atoms with Crippen molar-refractivity contribution in [3.63, 3.8) is 0 Å². The number of hydrogen-bond donors (Lipinski definition) is 0. The van der Waals surface area contributed by atoms with Gasteiger partial charge in [0.1, 0.15) is 11.4 Å². The van der Waals surface area contributed by atoms with Crippen LogP contribution >= 0.6 is 0 Å². The van der Waals surface area contributed by atoms with Gasteiger partial charge in [-0.3, -0.25) is 9.79 Å². The van der Waals surface area contributed by atoms with Crippen molar-refractivity contribution in [2.24, 2.45) is 34.7 Å². The molecule has 8 atom stereocenters. The average molecular weight is 602 g/mol. The van der Waals surface area contributed by atoms with Gasteiger partial charge in [-0.15, -0.1) is 0 Å². The largest absolute Gasteiger partial charge is 0.468 e. The summed E-state index contributed by atoms with van der Waals surface area (Å²) in [6.07, 6.45) is 0.860. The molecule has 0 aromatic carbocycles. The first-order valence-corrected chi connectivity index (χ1v) is 14.0. The molecule has 1 aromatic heterocycles. The minimum absolute atomic E-state index is 0.0897. The van der Waals surface area contributed by atoms with Crippen LogP contribution in [0, 0.1) is 22.7 Å². The number of carbonyl (C=O) groups excluding carboxylic acids is 4. The third kappa shape index (κ3) is 2.87. The fourth-order valence-corrected chi connectivity index (χ4v) is 9.36. The molecule has 3 fully saturated rings. The standard InChI is InChI=1S/C27H31N5O11/c1-29-24(37)30-8-13-15-19(32(30)25(29)38)26-10-43-9-11(26)12-6-7-14(26)28-18(22(35)41-4)27(15,23(36)42-5)16(20(33)39-2)17(31(12)13)21(34)40-3/h11-15,19H,6-10H2,1-5H3. The predicted molar refractivity (Wildman–Crippen MR) is 141 cm³/mol. The fraction of sp³-hybridized carbons (Fsp3) is 0.667. The minimum atomic E-state index is -2.39. The Bertz CT molecular complexity index is 1680. The van der Waals surface area contributed by atoms with E-state index in [1.807, 2.05) is 0 Å². The summed E-state index contributed by atoms with van der Waals surface area (Å²) in [4.78, 5) is 90.4. The van der Waals surface area contributed by atoms with E-state index in [2.05, 4.69) is 0 Å². The third-order valence-corrected chi connectivity index (χ3v) is 10.8. The number of rotatable bonds is 4. The SMILES string of the molecule is COC(=O)C1=NC2CCC3C4COCC24C2C4C(Cn5c(=O)n(C)c(=O)n52)N3C(C(=O)OC)=C(C(=O)OC)C14C(=O)OC. The highest BCUT2D eigenvalue weighted by Gasteiger charge is 2.79. The van der Waals surface area contributed by atoms with Crippen molar-refractivity contribution in [3.05, 3.63) is 32.2 Å². The molecule has 1 aromatic rings. The second-order valence-electron chi connectivity index (χ2n) is 11.9. The van der Waals surface area contributed by atoms with Gasteiger partial charge in [0.15, 0.2) is 5.41 Å². The number of aromatic nitrogens is 3. The first-order valence-electron chi connectivity index (χ1n) is 14.0. The Hall–Kier alpha value is -4.21. The molecule has 0 N–H and O–H groups in total. The van der Waals surface area contributed by atoms with Crippen molar-refractivity contribution in [2.45, 2.75) is 43.6 Å². The summed E-state index contributed by atoms with van der Waals surface area (Å²) in [7, 11) is 5.80. The van der Waals surface area contributed by atoms with Crippen LogP contribution < -0.4 is 11.4 Å². The molecule has 1 aliphatic carbocycles. The second kappa shape index (κ2) is 8.90. The summed E-state index contributed by atoms with van der Waals surface area (Å²) < 4.78 is 30.8. The molecule has 230 valence electrons. The molecular weight excluding hydrogens is 570 g/mol. The van der Waals surface area contributed by atoms with Crippen molar-refractivity contribution >= 4 is 29.6 Å². The lowest BCUT2D eigenvalue weighted by Crippen LogP contribution is -2.69. The van der Waals surface area contributed by atoms with Gasteiger partial charge in [-0.25, -0.2) is 37.9 Å². The first-order chi connectivity index (χ1) is 20.6. The van der Waals surface area contributed by atoms with Gasteiger partial charge in [-0.2, -0.15) is 0 Å². The number of aliphatic imine (C=N–C) groups is 1. The molecule has 7 rings (SSSR count). The maximum Gasteiger partial charge on any atom is 0.354 e. The van der Waals surface area contributed by atoms with Crippen LogP contribution in [0.3, 0.4) is 0 Å². The molecule has 0 radical (unpaired) electrons. The number of fused-ring (bicyclic) bond motifs is 2. The van der Waals surface area contributed by atoms with Crippen LogP contribution in [0.15, 0.2) is 25.9 Å². The number of hydrogen-bond acceptors (Lipinski definition) is 13. The van der Waals surface area contributed by atoms with Gasteiger partial charge < -0.3 is 28.6 Å². The zero-order valence-corrected chi connectivity index (χ0v) is 24.2. The zero-order valence-electron chi connectivity index (χ0n) is 24.2. The predicted octanol–water partition coefficient (Wildman–Crippen LogP) is -2.23. The number of esters is 4. The second-order valence-corrected chi connectivity index (χ2v) is 11.9. The Morgan fingerprint density at radius 3 is 2.26 bits per heavy atom. The van der Waals surface area contributed by atoms with Gasteiger partial charge in [0, 0.05) is 30.3 Å². The van der Waals surface area contributed by atoms with E-state index in [9.17, 15) is 28.8 Å².